The van der Waals surface area contributed by atoms with Gasteiger partial charge in [-0.15, -0.1) is 24.0 Å². The molecule has 2 unspecified atom stereocenters. The van der Waals surface area contributed by atoms with Gasteiger partial charge in [0, 0.05) is 39.8 Å². The minimum atomic E-state index is -0.282. The summed E-state index contributed by atoms with van der Waals surface area (Å²) in [5.74, 6) is 1.25. The van der Waals surface area contributed by atoms with Gasteiger partial charge in [-0.2, -0.15) is 0 Å². The normalized spacial score (nSPS) is 20.8. The number of rotatable bonds is 5. The lowest BCUT2D eigenvalue weighted by atomic mass is 10.2. The van der Waals surface area contributed by atoms with Gasteiger partial charge in [0.2, 0.25) is 0 Å². The van der Waals surface area contributed by atoms with E-state index in [0.717, 1.165) is 31.9 Å². The van der Waals surface area contributed by atoms with Crippen molar-refractivity contribution in [3.8, 4) is 5.75 Å². The molecule has 1 aromatic rings. The van der Waals surface area contributed by atoms with E-state index in [1.165, 1.54) is 12.1 Å². The SMILES string of the molecule is CN=C(NCC(C)Oc1ccc(F)cc1)N1CCN(C(=O)C2CCCO2)CC1.I. The first-order valence-corrected chi connectivity index (χ1v) is 9.85. The number of aliphatic imine (C=N–C) groups is 1. The van der Waals surface area contributed by atoms with Gasteiger partial charge in [0.05, 0.1) is 6.54 Å². The molecule has 1 amide bonds. The summed E-state index contributed by atoms with van der Waals surface area (Å²) >= 11 is 0. The van der Waals surface area contributed by atoms with E-state index in [4.69, 9.17) is 9.47 Å². The van der Waals surface area contributed by atoms with Gasteiger partial charge in [-0.05, 0) is 44.0 Å². The second-order valence-corrected chi connectivity index (χ2v) is 7.12. The third kappa shape index (κ3) is 6.70. The lowest BCUT2D eigenvalue weighted by Gasteiger charge is -2.37. The fourth-order valence-corrected chi connectivity index (χ4v) is 3.47. The number of nitrogens with zero attached hydrogens (tertiary/aromatic N) is 3. The van der Waals surface area contributed by atoms with Crippen molar-refractivity contribution in [2.45, 2.75) is 32.0 Å². The molecule has 0 spiro atoms. The highest BCUT2D eigenvalue weighted by Gasteiger charge is 2.30. The fraction of sp³-hybridized carbons (Fsp3) is 0.600. The Hall–Kier alpha value is -1.62. The number of guanidine groups is 1. The predicted molar refractivity (Wildman–Crippen MR) is 120 cm³/mol. The highest BCUT2D eigenvalue weighted by Crippen LogP contribution is 2.16. The number of ether oxygens (including phenoxy) is 2. The molecule has 0 aliphatic carbocycles. The van der Waals surface area contributed by atoms with Crippen molar-refractivity contribution in [2.24, 2.45) is 4.99 Å². The van der Waals surface area contributed by atoms with Crippen LogP contribution in [-0.2, 0) is 9.53 Å². The van der Waals surface area contributed by atoms with Crippen LogP contribution < -0.4 is 10.1 Å². The Balaban J connectivity index is 0.00000300. The smallest absolute Gasteiger partial charge is 0.251 e. The molecule has 0 bridgehead atoms. The van der Waals surface area contributed by atoms with Gasteiger partial charge in [-0.1, -0.05) is 0 Å². The lowest BCUT2D eigenvalue weighted by Crippen LogP contribution is -2.55. The maximum absolute atomic E-state index is 13.0. The molecule has 2 saturated heterocycles. The van der Waals surface area contributed by atoms with Crippen LogP contribution in [0.4, 0.5) is 4.39 Å². The van der Waals surface area contributed by atoms with Crippen molar-refractivity contribution in [3.63, 3.8) is 0 Å². The number of hydrogen-bond donors (Lipinski definition) is 1. The average Bonchev–Trinajstić information content (AvgIpc) is 3.25. The first-order valence-electron chi connectivity index (χ1n) is 9.85. The Bertz CT molecular complexity index is 675. The van der Waals surface area contributed by atoms with E-state index in [0.29, 0.717) is 32.0 Å². The largest absolute Gasteiger partial charge is 0.489 e. The van der Waals surface area contributed by atoms with Crippen molar-refractivity contribution in [1.29, 1.82) is 0 Å². The van der Waals surface area contributed by atoms with Crippen molar-refractivity contribution in [2.75, 3.05) is 46.4 Å². The Labute approximate surface area is 188 Å². The molecule has 2 fully saturated rings. The average molecular weight is 520 g/mol. The summed E-state index contributed by atoms with van der Waals surface area (Å²) in [6.45, 7) is 5.99. The van der Waals surface area contributed by atoms with Crippen LogP contribution in [0.2, 0.25) is 0 Å². The van der Waals surface area contributed by atoms with Crippen LogP contribution in [-0.4, -0.2) is 80.3 Å². The fourth-order valence-electron chi connectivity index (χ4n) is 3.47. The molecule has 9 heteroatoms. The molecule has 0 aromatic heterocycles. The van der Waals surface area contributed by atoms with Gasteiger partial charge in [0.1, 0.15) is 23.8 Å². The van der Waals surface area contributed by atoms with Gasteiger partial charge in [0.25, 0.3) is 5.91 Å². The van der Waals surface area contributed by atoms with E-state index in [9.17, 15) is 9.18 Å². The predicted octanol–water partition coefficient (Wildman–Crippen LogP) is 2.11. The number of benzene rings is 1. The third-order valence-electron chi connectivity index (χ3n) is 5.01. The molecule has 162 valence electrons. The van der Waals surface area contributed by atoms with Crippen LogP contribution in [0, 0.1) is 5.82 Å². The van der Waals surface area contributed by atoms with Gasteiger partial charge >= 0.3 is 0 Å². The van der Waals surface area contributed by atoms with Gasteiger partial charge in [0.15, 0.2) is 5.96 Å². The molecule has 1 N–H and O–H groups in total. The highest BCUT2D eigenvalue weighted by molar-refractivity contribution is 14.0. The number of hydrogen-bond acceptors (Lipinski definition) is 4. The molecule has 2 heterocycles. The van der Waals surface area contributed by atoms with E-state index >= 15 is 0 Å². The number of piperazine rings is 1. The molecule has 2 aliphatic rings. The number of carbonyl (C=O) groups is 1. The number of carbonyl (C=O) groups excluding carboxylic acids is 1. The molecule has 29 heavy (non-hydrogen) atoms. The zero-order valence-electron chi connectivity index (χ0n) is 17.0. The second kappa shape index (κ2) is 11.5. The second-order valence-electron chi connectivity index (χ2n) is 7.12. The van der Waals surface area contributed by atoms with E-state index in [-0.39, 0.29) is 47.9 Å². The van der Waals surface area contributed by atoms with Crippen molar-refractivity contribution >= 4 is 35.8 Å². The molecule has 2 atom stereocenters. The zero-order valence-corrected chi connectivity index (χ0v) is 19.3. The van der Waals surface area contributed by atoms with Gasteiger partial charge in [-0.3, -0.25) is 9.79 Å². The first-order chi connectivity index (χ1) is 13.6. The van der Waals surface area contributed by atoms with Gasteiger partial charge in [-0.25, -0.2) is 4.39 Å². The molecular formula is C20H30FIN4O3. The summed E-state index contributed by atoms with van der Waals surface area (Å²) in [4.78, 5) is 20.8. The number of amides is 1. The molecule has 0 saturated carbocycles. The first kappa shape index (κ1) is 23.7. The lowest BCUT2D eigenvalue weighted by molar-refractivity contribution is -0.142. The number of nitrogens with one attached hydrogen (secondary N) is 1. The molecule has 1 aromatic carbocycles. The van der Waals surface area contributed by atoms with Crippen LogP contribution in [0.15, 0.2) is 29.3 Å². The quantitative estimate of drug-likeness (QED) is 0.366. The van der Waals surface area contributed by atoms with E-state index in [1.54, 1.807) is 19.2 Å². The van der Waals surface area contributed by atoms with Crippen molar-refractivity contribution in [1.82, 2.24) is 15.1 Å². The summed E-state index contributed by atoms with van der Waals surface area (Å²) in [6, 6.07) is 5.99. The minimum absolute atomic E-state index is 0. The molecule has 3 rings (SSSR count). The molecular weight excluding hydrogens is 490 g/mol. The Morgan fingerprint density at radius 2 is 1.93 bits per heavy atom. The summed E-state index contributed by atoms with van der Waals surface area (Å²) in [6.07, 6.45) is 1.43. The monoisotopic (exact) mass is 520 g/mol. The van der Waals surface area contributed by atoms with Crippen LogP contribution in [0.3, 0.4) is 0 Å². The minimum Gasteiger partial charge on any atom is -0.489 e. The van der Waals surface area contributed by atoms with Crippen LogP contribution in [0.25, 0.3) is 0 Å². The van der Waals surface area contributed by atoms with Crippen LogP contribution >= 0.6 is 24.0 Å². The van der Waals surface area contributed by atoms with Crippen LogP contribution in [0.5, 0.6) is 5.75 Å². The summed E-state index contributed by atoms with van der Waals surface area (Å²) in [5.41, 5.74) is 0. The van der Waals surface area contributed by atoms with E-state index < -0.39 is 0 Å². The van der Waals surface area contributed by atoms with Gasteiger partial charge < -0.3 is 24.6 Å². The molecule has 0 radical (unpaired) electrons. The summed E-state index contributed by atoms with van der Waals surface area (Å²) < 4.78 is 24.3. The maximum atomic E-state index is 13.0. The van der Waals surface area contributed by atoms with E-state index in [1.807, 2.05) is 11.8 Å². The highest BCUT2D eigenvalue weighted by atomic mass is 127. The Morgan fingerprint density at radius 1 is 1.28 bits per heavy atom. The van der Waals surface area contributed by atoms with Crippen molar-refractivity contribution < 1.29 is 18.7 Å². The Morgan fingerprint density at radius 3 is 2.52 bits per heavy atom. The van der Waals surface area contributed by atoms with Crippen molar-refractivity contribution in [3.05, 3.63) is 30.1 Å². The summed E-state index contributed by atoms with van der Waals surface area (Å²) in [5, 5.41) is 3.32. The standard InChI is InChI=1S/C20H29FN4O3.HI/c1-15(28-17-7-5-16(21)6-8-17)14-23-20(22-2)25-11-9-24(10-12-25)19(26)18-4-3-13-27-18;/h5-8,15,18H,3-4,9-14H2,1-2H3,(H,22,23);1H. The maximum Gasteiger partial charge on any atom is 0.251 e. The third-order valence-corrected chi connectivity index (χ3v) is 5.01. The van der Waals surface area contributed by atoms with E-state index in [2.05, 4.69) is 15.2 Å². The topological polar surface area (TPSA) is 66.4 Å². The molecule has 7 nitrogen and oxygen atoms in total. The Kier molecular flexibility index (Phi) is 9.41. The zero-order chi connectivity index (χ0) is 19.9. The number of halogens is 2. The summed E-state index contributed by atoms with van der Waals surface area (Å²) in [7, 11) is 1.75. The van der Waals surface area contributed by atoms with Crippen LogP contribution in [0.1, 0.15) is 19.8 Å². The molecule has 2 aliphatic heterocycles.